The van der Waals surface area contributed by atoms with Gasteiger partial charge in [0.2, 0.25) is 0 Å². The molecule has 1 aliphatic heterocycles. The smallest absolute Gasteiger partial charge is 0.416 e. The minimum absolute atomic E-state index is 0.259. The van der Waals surface area contributed by atoms with E-state index in [1.165, 1.54) is 12.1 Å². The van der Waals surface area contributed by atoms with Crippen LogP contribution in [0.5, 0.6) is 0 Å². The predicted octanol–water partition coefficient (Wildman–Crippen LogP) is 6.30. The summed E-state index contributed by atoms with van der Waals surface area (Å²) in [6.07, 6.45) is -2.84. The number of carbonyl (C=O) groups is 2. The van der Waals surface area contributed by atoms with Gasteiger partial charge in [-0.3, -0.25) is 9.69 Å². The number of amides is 1. The molecule has 0 saturated carbocycles. The molecule has 41 heavy (non-hydrogen) atoms. The number of nitrogens with one attached hydrogen (secondary N) is 1. The van der Waals surface area contributed by atoms with Crippen LogP contribution in [0, 0.1) is 0 Å². The van der Waals surface area contributed by atoms with Crippen LogP contribution in [-0.4, -0.2) is 29.9 Å². The van der Waals surface area contributed by atoms with E-state index in [-0.39, 0.29) is 11.8 Å². The molecule has 1 amide bonds. The zero-order chi connectivity index (χ0) is 29.0. The number of rotatable bonds is 7. The van der Waals surface area contributed by atoms with Crippen molar-refractivity contribution in [3.8, 4) is 11.1 Å². The van der Waals surface area contributed by atoms with E-state index in [1.807, 2.05) is 59.5 Å². The van der Waals surface area contributed by atoms with Crippen molar-refractivity contribution < 1.29 is 27.9 Å². The van der Waals surface area contributed by atoms with Crippen molar-refractivity contribution in [1.82, 2.24) is 4.90 Å². The van der Waals surface area contributed by atoms with Crippen LogP contribution in [0.3, 0.4) is 0 Å². The molecule has 1 N–H and O–H groups in total. The first-order chi connectivity index (χ1) is 19.7. The van der Waals surface area contributed by atoms with E-state index in [0.29, 0.717) is 41.0 Å². The molecule has 210 valence electrons. The van der Waals surface area contributed by atoms with Gasteiger partial charge in [0, 0.05) is 11.3 Å². The highest BCUT2D eigenvalue weighted by Gasteiger charge is 2.30. The summed E-state index contributed by atoms with van der Waals surface area (Å²) in [5.41, 5.74) is 3.07. The van der Waals surface area contributed by atoms with E-state index >= 15 is 0 Å². The molecule has 1 heterocycles. The second-order valence-electron chi connectivity index (χ2n) is 10.1. The lowest BCUT2D eigenvalue weighted by Crippen LogP contribution is -2.44. The first-order valence-electron chi connectivity index (χ1n) is 13.4. The van der Waals surface area contributed by atoms with Crippen molar-refractivity contribution >= 4 is 17.6 Å². The summed E-state index contributed by atoms with van der Waals surface area (Å²) in [5.74, 6) is -1.21. The second-order valence-corrected chi connectivity index (χ2v) is 10.1. The number of nitrogens with zero attached hydrogens (tertiary/aromatic N) is 1. The van der Waals surface area contributed by atoms with Crippen LogP contribution in [0.1, 0.15) is 51.8 Å². The third kappa shape index (κ3) is 6.49. The number of carboxylic acid groups (broad SMARTS) is 1. The molecule has 1 unspecified atom stereocenters. The van der Waals surface area contributed by atoms with Crippen molar-refractivity contribution in [1.29, 1.82) is 0 Å². The van der Waals surface area contributed by atoms with Crippen molar-refractivity contribution in [2.45, 2.75) is 31.0 Å². The lowest BCUT2D eigenvalue weighted by atomic mass is 9.88. The molecule has 0 bridgehead atoms. The molecule has 8 heteroatoms. The Balaban J connectivity index is 1.23. The maximum Gasteiger partial charge on any atom is 0.416 e. The minimum Gasteiger partial charge on any atom is -0.548 e. The fraction of sp³-hybridized carbons (Fsp3) is 0.212. The number of piperidine rings is 1. The Morgan fingerprint density at radius 2 is 1.41 bits per heavy atom. The number of benzene rings is 4. The summed E-state index contributed by atoms with van der Waals surface area (Å²) in [7, 11) is 0. The molecule has 1 atom stereocenters. The number of halogens is 3. The highest BCUT2D eigenvalue weighted by Crippen LogP contribution is 2.34. The molecule has 0 aliphatic carbocycles. The first-order valence-corrected chi connectivity index (χ1v) is 13.4. The summed E-state index contributed by atoms with van der Waals surface area (Å²) >= 11 is 0. The predicted molar refractivity (Wildman–Crippen MR) is 149 cm³/mol. The van der Waals surface area contributed by atoms with E-state index in [9.17, 15) is 27.9 Å². The van der Waals surface area contributed by atoms with Gasteiger partial charge in [0.15, 0.2) is 0 Å². The average molecular weight is 558 g/mol. The monoisotopic (exact) mass is 557 g/mol. The molecule has 5 nitrogen and oxygen atoms in total. The van der Waals surface area contributed by atoms with Crippen LogP contribution in [0.25, 0.3) is 11.1 Å². The van der Waals surface area contributed by atoms with Crippen LogP contribution in [0.15, 0.2) is 103 Å². The largest absolute Gasteiger partial charge is 0.548 e. The molecular formula is C33H28F3N2O3-. The van der Waals surface area contributed by atoms with Gasteiger partial charge in [-0.15, -0.1) is 0 Å². The second kappa shape index (κ2) is 12.0. The van der Waals surface area contributed by atoms with Gasteiger partial charge in [0.1, 0.15) is 0 Å². The molecule has 5 rings (SSSR count). The Labute approximate surface area is 236 Å². The average Bonchev–Trinajstić information content (AvgIpc) is 2.98. The molecule has 4 aromatic carbocycles. The summed E-state index contributed by atoms with van der Waals surface area (Å²) in [6, 6.07) is 27.5. The maximum absolute atomic E-state index is 13.1. The molecule has 1 fully saturated rings. The lowest BCUT2D eigenvalue weighted by molar-refractivity contribution is -0.312. The standard InChI is InChI=1S/C33H29F3N2O3/c34-33(35,36)26-14-10-24(11-15-26)28-8-4-5-9-29(28)31(39)37-27-16-12-22(13-17-27)23-18-20-38(21-19-23)30(32(40)41)25-6-2-1-3-7-25/h1-17,23,30H,18-21H2,(H,37,39)(H,40,41)/p-1. The molecule has 0 spiro atoms. The van der Waals surface area contributed by atoms with Gasteiger partial charge < -0.3 is 15.2 Å². The quantitative estimate of drug-likeness (QED) is 0.290. The Kier molecular flexibility index (Phi) is 8.21. The topological polar surface area (TPSA) is 72.5 Å². The number of alkyl halides is 3. The number of carbonyl (C=O) groups excluding carboxylic acids is 2. The maximum atomic E-state index is 13.1. The molecule has 4 aromatic rings. The van der Waals surface area contributed by atoms with Gasteiger partial charge in [0.05, 0.1) is 17.6 Å². The van der Waals surface area contributed by atoms with Crippen LogP contribution in [-0.2, 0) is 11.0 Å². The van der Waals surface area contributed by atoms with E-state index < -0.39 is 23.8 Å². The Morgan fingerprint density at radius 1 is 0.805 bits per heavy atom. The normalized spacial score (nSPS) is 15.3. The van der Waals surface area contributed by atoms with Gasteiger partial charge in [0.25, 0.3) is 5.91 Å². The summed E-state index contributed by atoms with van der Waals surface area (Å²) in [5, 5.41) is 14.8. The summed E-state index contributed by atoms with van der Waals surface area (Å²) in [6.45, 7) is 1.24. The Bertz CT molecular complexity index is 1500. The highest BCUT2D eigenvalue weighted by molar-refractivity contribution is 6.08. The number of hydrogen-bond acceptors (Lipinski definition) is 4. The van der Waals surface area contributed by atoms with E-state index in [1.54, 1.807) is 24.3 Å². The van der Waals surface area contributed by atoms with E-state index in [0.717, 1.165) is 30.5 Å². The van der Waals surface area contributed by atoms with Crippen molar-refractivity contribution in [2.24, 2.45) is 0 Å². The number of hydrogen-bond donors (Lipinski definition) is 1. The summed E-state index contributed by atoms with van der Waals surface area (Å²) < 4.78 is 38.9. The van der Waals surface area contributed by atoms with Gasteiger partial charge >= 0.3 is 6.18 Å². The van der Waals surface area contributed by atoms with Gasteiger partial charge in [-0.2, -0.15) is 13.2 Å². The number of anilines is 1. The van der Waals surface area contributed by atoms with Crippen LogP contribution in [0.4, 0.5) is 18.9 Å². The van der Waals surface area contributed by atoms with E-state index in [4.69, 9.17) is 0 Å². The molecule has 0 aromatic heterocycles. The Hall–Kier alpha value is -4.43. The zero-order valence-corrected chi connectivity index (χ0v) is 22.1. The van der Waals surface area contributed by atoms with Crippen LogP contribution in [0.2, 0.25) is 0 Å². The van der Waals surface area contributed by atoms with Crippen molar-refractivity contribution in [3.63, 3.8) is 0 Å². The minimum atomic E-state index is -4.43. The molecular weight excluding hydrogens is 529 g/mol. The molecule has 1 saturated heterocycles. The van der Waals surface area contributed by atoms with Crippen molar-refractivity contribution in [3.05, 3.63) is 125 Å². The summed E-state index contributed by atoms with van der Waals surface area (Å²) in [4.78, 5) is 27.0. The van der Waals surface area contributed by atoms with Gasteiger partial charge in [-0.1, -0.05) is 72.8 Å². The molecule has 1 aliphatic rings. The van der Waals surface area contributed by atoms with E-state index in [2.05, 4.69) is 5.32 Å². The number of likely N-dealkylation sites (tertiary alicyclic amines) is 1. The highest BCUT2D eigenvalue weighted by atomic mass is 19.4. The van der Waals surface area contributed by atoms with Crippen LogP contribution >= 0.6 is 0 Å². The van der Waals surface area contributed by atoms with Crippen LogP contribution < -0.4 is 10.4 Å². The fourth-order valence-corrected chi connectivity index (χ4v) is 5.43. The van der Waals surface area contributed by atoms with Crippen molar-refractivity contribution in [2.75, 3.05) is 18.4 Å². The third-order valence-electron chi connectivity index (χ3n) is 7.57. The molecule has 0 radical (unpaired) electrons. The lowest BCUT2D eigenvalue weighted by Gasteiger charge is -2.38. The van der Waals surface area contributed by atoms with Gasteiger partial charge in [-0.05, 0) is 84.4 Å². The fourth-order valence-electron chi connectivity index (χ4n) is 5.43. The van der Waals surface area contributed by atoms with Gasteiger partial charge in [-0.25, -0.2) is 0 Å². The Morgan fingerprint density at radius 3 is 2.02 bits per heavy atom. The first kappa shape index (κ1) is 28.1. The number of carboxylic acids is 1. The number of aliphatic carboxylic acids is 1. The zero-order valence-electron chi connectivity index (χ0n) is 22.1. The third-order valence-corrected chi connectivity index (χ3v) is 7.57. The SMILES string of the molecule is O=C(Nc1ccc(C2CCN(C(C(=O)[O-])c3ccccc3)CC2)cc1)c1ccccc1-c1ccc(C(F)(F)F)cc1.